The monoisotopic (exact) mass is 241 g/mol. The zero-order valence-corrected chi connectivity index (χ0v) is 11.2. The summed E-state index contributed by atoms with van der Waals surface area (Å²) in [6, 6.07) is 11.9. The zero-order valence-electron chi connectivity index (χ0n) is 11.2. The first-order valence-electron chi connectivity index (χ1n) is 6.11. The Kier molecular flexibility index (Phi) is 3.56. The summed E-state index contributed by atoms with van der Waals surface area (Å²) in [7, 11) is 0. The van der Waals surface area contributed by atoms with Crippen molar-refractivity contribution >= 4 is 5.69 Å². The number of rotatable bonds is 3. The molecule has 0 aliphatic rings. The summed E-state index contributed by atoms with van der Waals surface area (Å²) >= 11 is 0. The lowest BCUT2D eigenvalue weighted by atomic mass is 10.0. The van der Waals surface area contributed by atoms with Crippen LogP contribution < -0.4 is 10.5 Å². The van der Waals surface area contributed by atoms with Crippen molar-refractivity contribution in [2.45, 2.75) is 27.4 Å². The fourth-order valence-electron chi connectivity index (χ4n) is 2.16. The van der Waals surface area contributed by atoms with E-state index in [1.54, 1.807) is 0 Å². The minimum Gasteiger partial charge on any atom is -0.489 e. The lowest BCUT2D eigenvalue weighted by molar-refractivity contribution is 0.304. The van der Waals surface area contributed by atoms with Crippen LogP contribution in [0.15, 0.2) is 36.4 Å². The van der Waals surface area contributed by atoms with Crippen LogP contribution in [0.2, 0.25) is 0 Å². The zero-order chi connectivity index (χ0) is 13.1. The molecule has 0 unspecified atom stereocenters. The van der Waals surface area contributed by atoms with Crippen LogP contribution in [0.4, 0.5) is 5.69 Å². The van der Waals surface area contributed by atoms with E-state index in [2.05, 4.69) is 32.9 Å². The maximum absolute atomic E-state index is 5.79. The molecule has 0 radical (unpaired) electrons. The fraction of sp³-hybridized carbons (Fsp3) is 0.250. The molecule has 2 rings (SSSR count). The van der Waals surface area contributed by atoms with Gasteiger partial charge in [0.05, 0.1) is 0 Å². The van der Waals surface area contributed by atoms with E-state index in [-0.39, 0.29) is 0 Å². The molecule has 0 atom stereocenters. The Labute approximate surface area is 108 Å². The number of hydrogen-bond donors (Lipinski definition) is 1. The Morgan fingerprint density at radius 3 is 2.06 bits per heavy atom. The minimum atomic E-state index is 0.599. The van der Waals surface area contributed by atoms with Crippen molar-refractivity contribution in [3.05, 3.63) is 58.7 Å². The molecule has 0 spiro atoms. The predicted molar refractivity (Wildman–Crippen MR) is 75.8 cm³/mol. The quantitative estimate of drug-likeness (QED) is 0.830. The van der Waals surface area contributed by atoms with E-state index in [4.69, 9.17) is 10.5 Å². The van der Waals surface area contributed by atoms with Crippen LogP contribution in [-0.4, -0.2) is 0 Å². The molecule has 0 aliphatic heterocycles. The van der Waals surface area contributed by atoms with Crippen molar-refractivity contribution in [3.63, 3.8) is 0 Å². The first-order valence-corrected chi connectivity index (χ1v) is 6.11. The molecule has 0 aliphatic carbocycles. The second-order valence-corrected chi connectivity index (χ2v) is 4.73. The number of nitrogen functional groups attached to an aromatic ring is 1. The highest BCUT2D eigenvalue weighted by Crippen LogP contribution is 2.20. The lowest BCUT2D eigenvalue weighted by Gasteiger charge is -2.12. The Morgan fingerprint density at radius 1 is 0.944 bits per heavy atom. The van der Waals surface area contributed by atoms with Crippen molar-refractivity contribution in [2.75, 3.05) is 5.73 Å². The lowest BCUT2D eigenvalue weighted by Crippen LogP contribution is -2.01. The highest BCUT2D eigenvalue weighted by atomic mass is 16.5. The van der Waals surface area contributed by atoms with E-state index in [0.29, 0.717) is 6.61 Å². The highest BCUT2D eigenvalue weighted by Gasteiger charge is 2.04. The number of anilines is 1. The summed E-state index contributed by atoms with van der Waals surface area (Å²) in [4.78, 5) is 0. The van der Waals surface area contributed by atoms with Gasteiger partial charge in [-0.3, -0.25) is 0 Å². The largest absolute Gasteiger partial charge is 0.489 e. The van der Waals surface area contributed by atoms with Gasteiger partial charge in [0.1, 0.15) is 12.4 Å². The van der Waals surface area contributed by atoms with Crippen molar-refractivity contribution in [1.82, 2.24) is 0 Å². The van der Waals surface area contributed by atoms with E-state index in [1.807, 2.05) is 24.3 Å². The Balaban J connectivity index is 2.13. The summed E-state index contributed by atoms with van der Waals surface area (Å²) in [6.45, 7) is 6.97. The minimum absolute atomic E-state index is 0.599. The van der Waals surface area contributed by atoms with Crippen LogP contribution in [0.25, 0.3) is 0 Å². The van der Waals surface area contributed by atoms with Gasteiger partial charge in [-0.15, -0.1) is 0 Å². The summed E-state index contributed by atoms with van der Waals surface area (Å²) in [5.41, 5.74) is 11.5. The topological polar surface area (TPSA) is 35.2 Å². The van der Waals surface area contributed by atoms with Crippen molar-refractivity contribution in [2.24, 2.45) is 0 Å². The van der Waals surface area contributed by atoms with E-state index in [9.17, 15) is 0 Å². The third kappa shape index (κ3) is 2.83. The van der Waals surface area contributed by atoms with E-state index < -0.39 is 0 Å². The van der Waals surface area contributed by atoms with Crippen molar-refractivity contribution in [3.8, 4) is 5.75 Å². The van der Waals surface area contributed by atoms with Crippen LogP contribution in [0, 0.1) is 20.8 Å². The molecule has 2 nitrogen and oxygen atoms in total. The van der Waals surface area contributed by atoms with Gasteiger partial charge in [0, 0.05) is 5.69 Å². The summed E-state index contributed by atoms with van der Waals surface area (Å²) in [5, 5.41) is 0. The molecule has 2 heteroatoms. The second-order valence-electron chi connectivity index (χ2n) is 4.73. The van der Waals surface area contributed by atoms with Gasteiger partial charge >= 0.3 is 0 Å². The van der Waals surface area contributed by atoms with Crippen LogP contribution >= 0.6 is 0 Å². The molecule has 0 fully saturated rings. The molecule has 2 N–H and O–H groups in total. The third-order valence-electron chi connectivity index (χ3n) is 3.10. The number of benzene rings is 2. The van der Waals surface area contributed by atoms with Crippen molar-refractivity contribution < 1.29 is 4.74 Å². The van der Waals surface area contributed by atoms with Gasteiger partial charge in [-0.25, -0.2) is 0 Å². The molecule has 0 bridgehead atoms. The Bertz CT molecular complexity index is 521. The molecular formula is C16H19NO. The van der Waals surface area contributed by atoms with Crippen LogP contribution in [0.5, 0.6) is 5.75 Å². The van der Waals surface area contributed by atoms with Crippen LogP contribution in [0.1, 0.15) is 22.3 Å². The molecule has 18 heavy (non-hydrogen) atoms. The van der Waals surface area contributed by atoms with Crippen molar-refractivity contribution in [1.29, 1.82) is 0 Å². The maximum atomic E-state index is 5.79. The number of aryl methyl sites for hydroxylation is 3. The molecule has 2 aromatic rings. The van der Waals surface area contributed by atoms with Gasteiger partial charge < -0.3 is 10.5 Å². The van der Waals surface area contributed by atoms with Gasteiger partial charge in [0.25, 0.3) is 0 Å². The Hall–Kier alpha value is -1.96. The average Bonchev–Trinajstić information content (AvgIpc) is 2.30. The first-order chi connectivity index (χ1) is 8.56. The van der Waals surface area contributed by atoms with Crippen LogP contribution in [0.3, 0.4) is 0 Å². The van der Waals surface area contributed by atoms with E-state index in [0.717, 1.165) is 11.4 Å². The molecule has 2 aromatic carbocycles. The molecule has 94 valence electrons. The predicted octanol–water partition coefficient (Wildman–Crippen LogP) is 3.77. The standard InChI is InChI=1S/C16H19NO/c1-11-8-12(2)16(13(3)9-11)10-18-15-6-4-14(17)5-7-15/h4-9H,10,17H2,1-3H3. The molecule has 0 saturated carbocycles. The molecule has 0 aromatic heterocycles. The smallest absolute Gasteiger partial charge is 0.119 e. The molecular weight excluding hydrogens is 222 g/mol. The average molecular weight is 241 g/mol. The first kappa shape index (κ1) is 12.5. The molecule has 0 heterocycles. The number of nitrogens with two attached hydrogens (primary N) is 1. The van der Waals surface area contributed by atoms with E-state index in [1.165, 1.54) is 22.3 Å². The SMILES string of the molecule is Cc1cc(C)c(COc2ccc(N)cc2)c(C)c1. The normalized spacial score (nSPS) is 10.4. The van der Waals surface area contributed by atoms with Gasteiger partial charge in [-0.2, -0.15) is 0 Å². The van der Waals surface area contributed by atoms with Gasteiger partial charge in [0.15, 0.2) is 0 Å². The van der Waals surface area contributed by atoms with Crippen LogP contribution in [-0.2, 0) is 6.61 Å². The van der Waals surface area contributed by atoms with Gasteiger partial charge in [-0.1, -0.05) is 17.7 Å². The summed E-state index contributed by atoms with van der Waals surface area (Å²) in [5.74, 6) is 0.851. The number of hydrogen-bond acceptors (Lipinski definition) is 2. The fourth-order valence-corrected chi connectivity index (χ4v) is 2.16. The molecule has 0 saturated heterocycles. The third-order valence-corrected chi connectivity index (χ3v) is 3.10. The van der Waals surface area contributed by atoms with E-state index >= 15 is 0 Å². The highest BCUT2D eigenvalue weighted by molar-refractivity contribution is 5.42. The summed E-state index contributed by atoms with van der Waals surface area (Å²) < 4.78 is 5.79. The summed E-state index contributed by atoms with van der Waals surface area (Å²) in [6.07, 6.45) is 0. The maximum Gasteiger partial charge on any atom is 0.119 e. The molecule has 0 amide bonds. The second kappa shape index (κ2) is 5.13. The Morgan fingerprint density at radius 2 is 1.50 bits per heavy atom. The number of ether oxygens (including phenoxy) is 1. The van der Waals surface area contributed by atoms with Gasteiger partial charge in [0.2, 0.25) is 0 Å². The van der Waals surface area contributed by atoms with Gasteiger partial charge in [-0.05, 0) is 61.7 Å².